The molecule has 1 aliphatic rings. The van der Waals surface area contributed by atoms with Crippen LogP contribution in [-0.2, 0) is 9.53 Å². The van der Waals surface area contributed by atoms with E-state index in [1.54, 1.807) is 13.8 Å². The van der Waals surface area contributed by atoms with Crippen LogP contribution >= 0.6 is 0 Å². The molecular weight excluding hydrogens is 258 g/mol. The Hall–Kier alpha value is -0.770. The molecule has 0 spiro atoms. The van der Waals surface area contributed by atoms with Crippen molar-refractivity contribution in [1.29, 1.82) is 0 Å². The minimum absolute atomic E-state index is 0.273. The predicted octanol–water partition coefficient (Wildman–Crippen LogP) is -2.51. The van der Waals surface area contributed by atoms with Crippen LogP contribution < -0.4 is 5.32 Å². The summed E-state index contributed by atoms with van der Waals surface area (Å²) in [5.41, 5.74) is 0. The van der Waals surface area contributed by atoms with E-state index in [2.05, 4.69) is 5.32 Å². The summed E-state index contributed by atoms with van der Waals surface area (Å²) in [5.74, 6) is -1.39. The zero-order chi connectivity index (χ0) is 14.7. The lowest BCUT2D eigenvalue weighted by atomic mass is 9.97. The van der Waals surface area contributed by atoms with Crippen LogP contribution in [0.3, 0.4) is 0 Å². The molecule has 1 saturated heterocycles. The van der Waals surface area contributed by atoms with Gasteiger partial charge in [-0.05, 0) is 5.92 Å². The summed E-state index contributed by atoms with van der Waals surface area (Å²) in [7, 11) is 0. The van der Waals surface area contributed by atoms with Crippen molar-refractivity contribution in [3.05, 3.63) is 0 Å². The predicted molar refractivity (Wildman–Crippen MR) is 63.2 cm³/mol. The van der Waals surface area contributed by atoms with Crippen LogP contribution in [0.25, 0.3) is 0 Å². The summed E-state index contributed by atoms with van der Waals surface area (Å²) < 4.78 is 5.18. The van der Waals surface area contributed by atoms with E-state index in [0.717, 1.165) is 0 Å². The molecule has 0 aromatic rings. The zero-order valence-corrected chi connectivity index (χ0v) is 10.8. The third kappa shape index (κ3) is 3.62. The molecule has 112 valence electrons. The molecule has 0 aromatic heterocycles. The van der Waals surface area contributed by atoms with Crippen molar-refractivity contribution < 1.29 is 35.1 Å². The van der Waals surface area contributed by atoms with Crippen molar-refractivity contribution in [3.63, 3.8) is 0 Å². The third-order valence-corrected chi connectivity index (χ3v) is 3.17. The highest BCUT2D eigenvalue weighted by Crippen LogP contribution is 2.20. The van der Waals surface area contributed by atoms with Crippen molar-refractivity contribution in [2.75, 3.05) is 6.61 Å². The van der Waals surface area contributed by atoms with Gasteiger partial charge in [-0.25, -0.2) is 0 Å². The number of aliphatic hydroxyl groups excluding tert-OH is 4. The molecule has 6 N–H and O–H groups in total. The van der Waals surface area contributed by atoms with Gasteiger partial charge in [0, 0.05) is 0 Å². The van der Waals surface area contributed by atoms with Crippen molar-refractivity contribution in [2.24, 2.45) is 5.92 Å². The van der Waals surface area contributed by atoms with Crippen LogP contribution in [-0.4, -0.2) is 74.8 Å². The lowest BCUT2D eigenvalue weighted by molar-refractivity contribution is -0.239. The van der Waals surface area contributed by atoms with Crippen LogP contribution in [0.2, 0.25) is 0 Å². The highest BCUT2D eigenvalue weighted by molar-refractivity contribution is 5.73. The molecule has 0 amide bonds. The fourth-order valence-corrected chi connectivity index (χ4v) is 1.97. The van der Waals surface area contributed by atoms with Crippen molar-refractivity contribution in [3.8, 4) is 0 Å². The number of carboxylic acids is 1. The van der Waals surface area contributed by atoms with E-state index in [4.69, 9.17) is 14.9 Å². The van der Waals surface area contributed by atoms with Crippen LogP contribution in [0.5, 0.6) is 0 Å². The normalized spacial score (nSPS) is 37.3. The Morgan fingerprint density at radius 1 is 1.21 bits per heavy atom. The van der Waals surface area contributed by atoms with Gasteiger partial charge in [0.05, 0.1) is 6.61 Å². The molecule has 0 aromatic carbocycles. The first-order valence-corrected chi connectivity index (χ1v) is 6.09. The van der Waals surface area contributed by atoms with Crippen LogP contribution in [0, 0.1) is 5.92 Å². The van der Waals surface area contributed by atoms with E-state index < -0.39 is 49.3 Å². The second-order valence-corrected chi connectivity index (χ2v) is 4.98. The molecule has 1 fully saturated rings. The molecule has 0 radical (unpaired) electrons. The number of rotatable bonds is 5. The molecule has 8 nitrogen and oxygen atoms in total. The Kier molecular flexibility index (Phi) is 5.65. The van der Waals surface area contributed by atoms with Gasteiger partial charge in [0.25, 0.3) is 0 Å². The maximum Gasteiger partial charge on any atom is 0.321 e. The molecule has 0 saturated carbocycles. The summed E-state index contributed by atoms with van der Waals surface area (Å²) in [6.45, 7) is 2.80. The number of carbonyl (C=O) groups is 1. The quantitative estimate of drug-likeness (QED) is 0.324. The van der Waals surface area contributed by atoms with E-state index >= 15 is 0 Å². The lowest BCUT2D eigenvalue weighted by Crippen LogP contribution is -2.64. The van der Waals surface area contributed by atoms with Crippen LogP contribution in [0.4, 0.5) is 0 Å². The number of aliphatic hydroxyl groups is 4. The first kappa shape index (κ1) is 16.3. The van der Waals surface area contributed by atoms with Gasteiger partial charge in [-0.1, -0.05) is 13.8 Å². The van der Waals surface area contributed by atoms with Crippen molar-refractivity contribution >= 4 is 5.97 Å². The molecule has 1 heterocycles. The molecule has 6 atom stereocenters. The molecular formula is C11H21NO7. The van der Waals surface area contributed by atoms with Gasteiger partial charge in [0.1, 0.15) is 36.7 Å². The number of ether oxygens (including phenoxy) is 1. The molecule has 1 unspecified atom stereocenters. The van der Waals surface area contributed by atoms with Crippen LogP contribution in [0.15, 0.2) is 0 Å². The molecule has 1 rings (SSSR count). The maximum atomic E-state index is 11.1. The summed E-state index contributed by atoms with van der Waals surface area (Å²) in [6, 6.07) is -0.985. The highest BCUT2D eigenvalue weighted by Gasteiger charge is 2.44. The van der Waals surface area contributed by atoms with Gasteiger partial charge < -0.3 is 30.3 Å². The highest BCUT2D eigenvalue weighted by atomic mass is 16.6. The first-order valence-electron chi connectivity index (χ1n) is 6.09. The Labute approximate surface area is 110 Å². The van der Waals surface area contributed by atoms with E-state index in [1.807, 2.05) is 0 Å². The molecule has 8 heteroatoms. The van der Waals surface area contributed by atoms with Gasteiger partial charge in [-0.2, -0.15) is 0 Å². The fraction of sp³-hybridized carbons (Fsp3) is 0.909. The smallest absolute Gasteiger partial charge is 0.321 e. The summed E-state index contributed by atoms with van der Waals surface area (Å²) in [6.07, 6.45) is -6.71. The number of carboxylic acid groups (broad SMARTS) is 1. The minimum atomic E-state index is -1.52. The zero-order valence-electron chi connectivity index (χ0n) is 10.8. The largest absolute Gasteiger partial charge is 0.480 e. The van der Waals surface area contributed by atoms with Gasteiger partial charge in [0.15, 0.2) is 0 Å². The minimum Gasteiger partial charge on any atom is -0.480 e. The van der Waals surface area contributed by atoms with Crippen molar-refractivity contribution in [1.82, 2.24) is 5.32 Å². The van der Waals surface area contributed by atoms with E-state index in [0.29, 0.717) is 0 Å². The van der Waals surface area contributed by atoms with Gasteiger partial charge in [-0.15, -0.1) is 0 Å². The molecule has 1 aliphatic heterocycles. The molecule has 0 aliphatic carbocycles. The Balaban J connectivity index is 2.78. The average Bonchev–Trinajstić information content (AvgIpc) is 2.34. The van der Waals surface area contributed by atoms with E-state index in [1.165, 1.54) is 0 Å². The van der Waals surface area contributed by atoms with Gasteiger partial charge in [-0.3, -0.25) is 10.1 Å². The van der Waals surface area contributed by atoms with E-state index in [-0.39, 0.29) is 5.92 Å². The number of aliphatic carboxylic acids is 1. The first-order chi connectivity index (χ1) is 8.79. The summed E-state index contributed by atoms with van der Waals surface area (Å²) in [4.78, 5) is 11.1. The van der Waals surface area contributed by atoms with Crippen molar-refractivity contribution in [2.45, 2.75) is 50.5 Å². The maximum absolute atomic E-state index is 11.1. The summed E-state index contributed by atoms with van der Waals surface area (Å²) in [5, 5.41) is 49.6. The topological polar surface area (TPSA) is 139 Å². The monoisotopic (exact) mass is 279 g/mol. The van der Waals surface area contributed by atoms with Crippen LogP contribution in [0.1, 0.15) is 13.8 Å². The lowest BCUT2D eigenvalue weighted by Gasteiger charge is -2.41. The second kappa shape index (κ2) is 6.60. The standard InChI is InChI=1S/C11H21NO7/c1-4(2)6(11(17)18)12-10-9(16)8(15)7(14)5(3-13)19-10/h4-10,12-16H,3H2,1-2H3,(H,17,18)/t5-,6+,7-,8+,9+,10?/m1/s1. The average molecular weight is 279 g/mol. The van der Waals surface area contributed by atoms with E-state index in [9.17, 15) is 20.1 Å². The number of hydrogen-bond acceptors (Lipinski definition) is 7. The Bertz CT molecular complexity index is 309. The van der Waals surface area contributed by atoms with Gasteiger partial charge in [0.2, 0.25) is 0 Å². The SMILES string of the molecule is CC(C)[C@H](NC1O[C@H](CO)[C@@H](O)[C@H](O)[C@@H]1O)C(=O)O. The number of hydrogen-bond donors (Lipinski definition) is 6. The fourth-order valence-electron chi connectivity index (χ4n) is 1.97. The summed E-state index contributed by atoms with van der Waals surface area (Å²) >= 11 is 0. The molecule has 19 heavy (non-hydrogen) atoms. The molecule has 0 bridgehead atoms. The number of nitrogens with one attached hydrogen (secondary N) is 1. The Morgan fingerprint density at radius 3 is 2.21 bits per heavy atom. The Morgan fingerprint density at radius 2 is 1.79 bits per heavy atom. The van der Waals surface area contributed by atoms with Gasteiger partial charge >= 0.3 is 5.97 Å². The third-order valence-electron chi connectivity index (χ3n) is 3.17. The second-order valence-electron chi connectivity index (χ2n) is 4.98.